The third-order valence-corrected chi connectivity index (χ3v) is 3.84. The molecule has 0 spiro atoms. The van der Waals surface area contributed by atoms with Crippen molar-refractivity contribution in [1.29, 1.82) is 0 Å². The van der Waals surface area contributed by atoms with E-state index in [0.717, 1.165) is 17.8 Å². The van der Waals surface area contributed by atoms with Crippen LogP contribution in [-0.4, -0.2) is 31.2 Å². The summed E-state index contributed by atoms with van der Waals surface area (Å²) < 4.78 is 27.5. The number of benzene rings is 2. The average Bonchev–Trinajstić information content (AvgIpc) is 2.55. The van der Waals surface area contributed by atoms with Gasteiger partial charge in [0.25, 0.3) is 0 Å². The molecule has 2 aromatic rings. The van der Waals surface area contributed by atoms with Crippen molar-refractivity contribution in [3.05, 3.63) is 59.7 Å². The summed E-state index contributed by atoms with van der Waals surface area (Å²) in [4.78, 5) is 14.1. The van der Waals surface area contributed by atoms with E-state index in [1.807, 2.05) is 11.9 Å². The maximum absolute atomic E-state index is 13.8. The van der Waals surface area contributed by atoms with Gasteiger partial charge in [-0.2, -0.15) is 0 Å². The molecule has 0 heterocycles. The number of aliphatic hydroxyl groups is 1. The molecule has 1 amide bonds. The quantitative estimate of drug-likeness (QED) is 0.853. The van der Waals surface area contributed by atoms with E-state index in [9.17, 15) is 13.6 Å². The third-order valence-electron chi connectivity index (χ3n) is 3.84. The molecule has 0 radical (unpaired) electrons. The molecule has 0 aliphatic heterocycles. The van der Waals surface area contributed by atoms with Gasteiger partial charge >= 0.3 is 0 Å². The van der Waals surface area contributed by atoms with E-state index in [-0.39, 0.29) is 12.2 Å². The van der Waals surface area contributed by atoms with Crippen LogP contribution in [0.25, 0.3) is 0 Å². The lowest BCUT2D eigenvalue weighted by molar-refractivity contribution is -0.117. The highest BCUT2D eigenvalue weighted by atomic mass is 19.1. The number of rotatable bonds is 6. The van der Waals surface area contributed by atoms with Gasteiger partial charge < -0.3 is 15.3 Å². The summed E-state index contributed by atoms with van der Waals surface area (Å²) in [5, 5.41) is 11.6. The number of hydrogen-bond acceptors (Lipinski definition) is 3. The SMILES string of the molecule is CC(C(=O)Nc1ccc(N(C)CCO)cc1)c1c(F)cccc1F. The van der Waals surface area contributed by atoms with Crippen molar-refractivity contribution in [3.63, 3.8) is 0 Å². The average molecular weight is 334 g/mol. The molecule has 2 N–H and O–H groups in total. The molecule has 0 aliphatic rings. The Labute approximate surface area is 139 Å². The molecule has 128 valence electrons. The predicted molar refractivity (Wildman–Crippen MR) is 90.2 cm³/mol. The number of anilines is 2. The van der Waals surface area contributed by atoms with Gasteiger partial charge in [-0.15, -0.1) is 0 Å². The summed E-state index contributed by atoms with van der Waals surface area (Å²) in [6.07, 6.45) is 0. The lowest BCUT2D eigenvalue weighted by atomic mass is 9.99. The molecule has 0 saturated carbocycles. The fraction of sp³-hybridized carbons (Fsp3) is 0.278. The fourth-order valence-corrected chi connectivity index (χ4v) is 2.38. The van der Waals surface area contributed by atoms with Gasteiger partial charge in [-0.25, -0.2) is 8.78 Å². The minimum absolute atomic E-state index is 0.0424. The summed E-state index contributed by atoms with van der Waals surface area (Å²) in [6, 6.07) is 10.5. The molecule has 0 fully saturated rings. The Kier molecular flexibility index (Phi) is 5.87. The Morgan fingerprint density at radius 2 is 1.75 bits per heavy atom. The minimum atomic E-state index is -0.956. The lowest BCUT2D eigenvalue weighted by Crippen LogP contribution is -2.22. The number of hydrogen-bond donors (Lipinski definition) is 2. The van der Waals surface area contributed by atoms with Crippen LogP contribution >= 0.6 is 0 Å². The van der Waals surface area contributed by atoms with E-state index in [0.29, 0.717) is 12.2 Å². The molecule has 6 heteroatoms. The molecule has 0 saturated heterocycles. The zero-order valence-corrected chi connectivity index (χ0v) is 13.6. The van der Waals surface area contributed by atoms with E-state index < -0.39 is 23.5 Å². The zero-order chi connectivity index (χ0) is 17.7. The number of amides is 1. The number of nitrogens with one attached hydrogen (secondary N) is 1. The van der Waals surface area contributed by atoms with Crippen LogP contribution in [0.15, 0.2) is 42.5 Å². The first-order valence-electron chi connectivity index (χ1n) is 7.61. The smallest absolute Gasteiger partial charge is 0.231 e. The van der Waals surface area contributed by atoms with Crippen LogP contribution in [0.4, 0.5) is 20.2 Å². The molecular formula is C18H20F2N2O2. The normalized spacial score (nSPS) is 11.9. The molecule has 2 aromatic carbocycles. The van der Waals surface area contributed by atoms with Crippen molar-refractivity contribution < 1.29 is 18.7 Å². The van der Waals surface area contributed by atoms with Crippen molar-refractivity contribution >= 4 is 17.3 Å². The standard InChI is InChI=1S/C18H20F2N2O2/c1-12(17-15(19)4-3-5-16(17)20)18(24)21-13-6-8-14(9-7-13)22(2)10-11-23/h3-9,12,23H,10-11H2,1-2H3,(H,21,24). The molecule has 0 aliphatic carbocycles. The van der Waals surface area contributed by atoms with E-state index >= 15 is 0 Å². The largest absolute Gasteiger partial charge is 0.395 e. The monoisotopic (exact) mass is 334 g/mol. The zero-order valence-electron chi connectivity index (χ0n) is 13.6. The number of halogens is 2. The van der Waals surface area contributed by atoms with E-state index in [4.69, 9.17) is 5.11 Å². The maximum Gasteiger partial charge on any atom is 0.231 e. The Bertz CT molecular complexity index is 684. The van der Waals surface area contributed by atoms with Crippen molar-refractivity contribution in [1.82, 2.24) is 0 Å². The van der Waals surface area contributed by atoms with Gasteiger partial charge in [0.15, 0.2) is 0 Å². The number of carbonyl (C=O) groups excluding carboxylic acids is 1. The van der Waals surface area contributed by atoms with Crippen LogP contribution in [0.2, 0.25) is 0 Å². The number of likely N-dealkylation sites (N-methyl/N-ethyl adjacent to an activating group) is 1. The first-order chi connectivity index (χ1) is 11.4. The number of aliphatic hydroxyl groups excluding tert-OH is 1. The Morgan fingerprint density at radius 3 is 2.29 bits per heavy atom. The summed E-state index contributed by atoms with van der Waals surface area (Å²) in [6.45, 7) is 2.00. The lowest BCUT2D eigenvalue weighted by Gasteiger charge is -2.18. The first-order valence-corrected chi connectivity index (χ1v) is 7.61. The van der Waals surface area contributed by atoms with E-state index in [1.54, 1.807) is 24.3 Å². The van der Waals surface area contributed by atoms with Crippen LogP contribution in [0.5, 0.6) is 0 Å². The second kappa shape index (κ2) is 7.88. The molecule has 4 nitrogen and oxygen atoms in total. The van der Waals surface area contributed by atoms with Crippen molar-refractivity contribution in [3.8, 4) is 0 Å². The van der Waals surface area contributed by atoms with Gasteiger partial charge in [-0.1, -0.05) is 6.07 Å². The van der Waals surface area contributed by atoms with Gasteiger partial charge in [-0.05, 0) is 43.3 Å². The van der Waals surface area contributed by atoms with Crippen molar-refractivity contribution in [2.45, 2.75) is 12.8 Å². The summed E-state index contributed by atoms with van der Waals surface area (Å²) >= 11 is 0. The molecular weight excluding hydrogens is 314 g/mol. The topological polar surface area (TPSA) is 52.6 Å². The van der Waals surface area contributed by atoms with Gasteiger partial charge in [0.2, 0.25) is 5.91 Å². The van der Waals surface area contributed by atoms with Gasteiger partial charge in [0.05, 0.1) is 12.5 Å². The summed E-state index contributed by atoms with van der Waals surface area (Å²) in [5.41, 5.74) is 1.18. The highest BCUT2D eigenvalue weighted by molar-refractivity contribution is 5.95. The highest BCUT2D eigenvalue weighted by Crippen LogP contribution is 2.24. The molecule has 1 atom stereocenters. The predicted octanol–water partition coefficient (Wildman–Crippen LogP) is 3.14. The maximum atomic E-state index is 13.8. The van der Waals surface area contributed by atoms with Gasteiger partial charge in [-0.3, -0.25) is 4.79 Å². The molecule has 2 rings (SSSR count). The van der Waals surface area contributed by atoms with E-state index in [1.165, 1.54) is 13.0 Å². The van der Waals surface area contributed by atoms with Crippen molar-refractivity contribution in [2.24, 2.45) is 0 Å². The van der Waals surface area contributed by atoms with Crippen LogP contribution < -0.4 is 10.2 Å². The highest BCUT2D eigenvalue weighted by Gasteiger charge is 2.22. The number of nitrogens with zero attached hydrogens (tertiary/aromatic N) is 1. The van der Waals surface area contributed by atoms with Gasteiger partial charge in [0.1, 0.15) is 11.6 Å². The summed E-state index contributed by atoms with van der Waals surface area (Å²) in [7, 11) is 1.84. The Hall–Kier alpha value is -2.47. The van der Waals surface area contributed by atoms with E-state index in [2.05, 4.69) is 5.32 Å². The minimum Gasteiger partial charge on any atom is -0.395 e. The van der Waals surface area contributed by atoms with Crippen LogP contribution in [0.1, 0.15) is 18.4 Å². The van der Waals surface area contributed by atoms with Crippen molar-refractivity contribution in [2.75, 3.05) is 30.4 Å². The second-order valence-corrected chi connectivity index (χ2v) is 5.54. The molecule has 0 aromatic heterocycles. The second-order valence-electron chi connectivity index (χ2n) is 5.54. The molecule has 0 bridgehead atoms. The fourth-order valence-electron chi connectivity index (χ4n) is 2.38. The van der Waals surface area contributed by atoms with Crippen LogP contribution in [-0.2, 0) is 4.79 Å². The van der Waals surface area contributed by atoms with Gasteiger partial charge in [0, 0.05) is 30.5 Å². The molecule has 24 heavy (non-hydrogen) atoms. The third kappa shape index (κ3) is 4.08. The van der Waals surface area contributed by atoms with Crippen LogP contribution in [0, 0.1) is 11.6 Å². The number of carbonyl (C=O) groups is 1. The summed E-state index contributed by atoms with van der Waals surface area (Å²) in [5.74, 6) is -2.92. The molecule has 1 unspecified atom stereocenters. The first kappa shape index (κ1) is 17.9. The Morgan fingerprint density at radius 1 is 1.17 bits per heavy atom. The van der Waals surface area contributed by atoms with Crippen LogP contribution in [0.3, 0.4) is 0 Å². The Balaban J connectivity index is 2.09.